The van der Waals surface area contributed by atoms with E-state index in [0.717, 1.165) is 63.5 Å². The van der Waals surface area contributed by atoms with Crippen LogP contribution in [0.3, 0.4) is 0 Å². The van der Waals surface area contributed by atoms with Crippen LogP contribution in [0.5, 0.6) is 0 Å². The lowest BCUT2D eigenvalue weighted by Gasteiger charge is -2.32. The number of aryl methyl sites for hydroxylation is 2. The zero-order valence-corrected chi connectivity index (χ0v) is 30.2. The number of rotatable bonds is 29. The van der Waals surface area contributed by atoms with Crippen LogP contribution in [0.15, 0.2) is 36.5 Å². The van der Waals surface area contributed by atoms with Crippen LogP contribution < -0.4 is 0 Å². The maximum atomic E-state index is 11.3. The van der Waals surface area contributed by atoms with Gasteiger partial charge < -0.3 is 24.8 Å². The quantitative estimate of drug-likeness (QED) is 0.0743. The molecule has 0 spiro atoms. The fraction of sp³-hybridized carbons (Fsp3) is 0.800. The maximum absolute atomic E-state index is 11.3. The molecule has 8 nitrogen and oxygen atoms in total. The Balaban J connectivity index is 1.38. The number of ether oxygens (including phenoxy) is 2. The molecule has 5 atom stereocenters. The van der Waals surface area contributed by atoms with Crippen molar-refractivity contribution in [2.75, 3.05) is 13.2 Å². The van der Waals surface area contributed by atoms with Crippen molar-refractivity contribution >= 4 is 0 Å². The van der Waals surface area contributed by atoms with E-state index in [9.17, 15) is 15.3 Å². The predicted octanol–water partition coefficient (Wildman–Crippen LogP) is 8.66. The summed E-state index contributed by atoms with van der Waals surface area (Å²) >= 11 is 0. The molecule has 1 aromatic carbocycles. The van der Waals surface area contributed by atoms with Crippen molar-refractivity contribution in [2.24, 2.45) is 0 Å². The first kappa shape index (κ1) is 40.6. The van der Waals surface area contributed by atoms with E-state index in [0.29, 0.717) is 6.42 Å². The van der Waals surface area contributed by atoms with Crippen molar-refractivity contribution in [1.82, 2.24) is 15.0 Å². The fourth-order valence-corrected chi connectivity index (χ4v) is 6.86. The third-order valence-electron chi connectivity index (χ3n) is 10.00. The van der Waals surface area contributed by atoms with Crippen molar-refractivity contribution in [3.05, 3.63) is 47.8 Å². The van der Waals surface area contributed by atoms with Crippen LogP contribution in [0.2, 0.25) is 0 Å². The second-order valence-electron chi connectivity index (χ2n) is 14.2. The van der Waals surface area contributed by atoms with Crippen LogP contribution in [0.25, 0.3) is 0 Å². The summed E-state index contributed by atoms with van der Waals surface area (Å²) in [4.78, 5) is 0. The fourth-order valence-electron chi connectivity index (χ4n) is 6.86. The highest BCUT2D eigenvalue weighted by Gasteiger charge is 2.31. The van der Waals surface area contributed by atoms with Gasteiger partial charge in [0, 0.05) is 6.20 Å². The van der Waals surface area contributed by atoms with Gasteiger partial charge in [0.2, 0.25) is 0 Å². The molecule has 0 amide bonds. The van der Waals surface area contributed by atoms with E-state index in [1.807, 2.05) is 6.20 Å². The Morgan fingerprint density at radius 3 is 2.04 bits per heavy atom. The van der Waals surface area contributed by atoms with Crippen molar-refractivity contribution in [3.63, 3.8) is 0 Å². The van der Waals surface area contributed by atoms with Crippen molar-refractivity contribution in [2.45, 2.75) is 192 Å². The van der Waals surface area contributed by atoms with E-state index in [1.54, 1.807) is 4.68 Å². The van der Waals surface area contributed by atoms with Gasteiger partial charge in [0.25, 0.3) is 0 Å². The lowest BCUT2D eigenvalue weighted by atomic mass is 9.99. The van der Waals surface area contributed by atoms with Gasteiger partial charge in [0.15, 0.2) is 6.29 Å². The lowest BCUT2D eigenvalue weighted by Crippen LogP contribution is -2.40. The monoisotopic (exact) mass is 672 g/mol. The molecule has 0 aliphatic carbocycles. The molecule has 2 unspecified atom stereocenters. The van der Waals surface area contributed by atoms with Gasteiger partial charge in [-0.1, -0.05) is 145 Å². The summed E-state index contributed by atoms with van der Waals surface area (Å²) in [7, 11) is 0. The maximum Gasteiger partial charge on any atom is 0.158 e. The molecule has 1 fully saturated rings. The lowest BCUT2D eigenvalue weighted by molar-refractivity contribution is -0.210. The van der Waals surface area contributed by atoms with Gasteiger partial charge >= 0.3 is 0 Å². The SMILES string of the molecule is CCCCCCCCCCCCCC[C@@H](O)[C@@H](O)[C@H](COC1CCCC(CO)O1)n1cc(CCCCCCCCc2ccccc2)nn1. The normalized spacial score (nSPS) is 18.6. The molecule has 1 aliphatic rings. The minimum Gasteiger partial charge on any atom is -0.394 e. The minimum absolute atomic E-state index is 0.0240. The molecule has 3 N–H and O–H groups in total. The first-order valence-corrected chi connectivity index (χ1v) is 19.8. The number of hydrogen-bond donors (Lipinski definition) is 3. The Morgan fingerprint density at radius 2 is 1.40 bits per heavy atom. The van der Waals surface area contributed by atoms with Gasteiger partial charge in [0.1, 0.15) is 12.1 Å². The molecule has 2 heterocycles. The third-order valence-corrected chi connectivity index (χ3v) is 10.00. The van der Waals surface area contributed by atoms with Crippen LogP contribution in [0.1, 0.15) is 165 Å². The van der Waals surface area contributed by atoms with E-state index >= 15 is 0 Å². The van der Waals surface area contributed by atoms with Crippen molar-refractivity contribution in [3.8, 4) is 0 Å². The largest absolute Gasteiger partial charge is 0.394 e. The Hall–Kier alpha value is -1.84. The first-order chi connectivity index (χ1) is 23.6. The molecule has 0 radical (unpaired) electrons. The van der Waals surface area contributed by atoms with Crippen molar-refractivity contribution in [1.29, 1.82) is 0 Å². The Kier molecular flexibility index (Phi) is 22.0. The standard InChI is InChI=1S/C40H69N3O5/c1-2-3-4-5-6-7-8-9-10-11-16-22-29-38(45)40(46)37(33-47-39-30-23-28-36(32-44)48-39)43-31-35(41-42-43)27-21-15-13-12-14-18-24-34-25-19-17-20-26-34/h17,19-20,25-26,31,36-40,44-46H,2-16,18,21-24,27-30,32-33H2,1H3/t36?,37-,38+,39?,40-/m0/s1. The van der Waals surface area contributed by atoms with Gasteiger partial charge in [-0.2, -0.15) is 0 Å². The molecule has 3 rings (SSSR count). The summed E-state index contributed by atoms with van der Waals surface area (Å²) < 4.78 is 13.7. The molecular formula is C40H69N3O5. The molecule has 0 bridgehead atoms. The van der Waals surface area contributed by atoms with Crippen LogP contribution in [-0.2, 0) is 22.3 Å². The van der Waals surface area contributed by atoms with E-state index in [-0.39, 0.29) is 19.3 Å². The smallest absolute Gasteiger partial charge is 0.158 e. The Labute approximate surface area is 292 Å². The van der Waals surface area contributed by atoms with Gasteiger partial charge in [-0.25, -0.2) is 4.68 Å². The number of hydrogen-bond acceptors (Lipinski definition) is 7. The summed E-state index contributed by atoms with van der Waals surface area (Å²) in [6, 6.07) is 10.1. The number of aromatic nitrogens is 3. The summed E-state index contributed by atoms with van der Waals surface area (Å²) in [6.07, 6.45) is 26.7. The summed E-state index contributed by atoms with van der Waals surface area (Å²) in [5, 5.41) is 40.7. The average Bonchev–Trinajstić information content (AvgIpc) is 3.58. The summed E-state index contributed by atoms with van der Waals surface area (Å²) in [5.41, 5.74) is 2.33. The Bertz CT molecular complexity index is 1020. The van der Waals surface area contributed by atoms with Crippen molar-refractivity contribution < 1.29 is 24.8 Å². The second kappa shape index (κ2) is 26.0. The van der Waals surface area contributed by atoms with Crippen LogP contribution in [0, 0.1) is 0 Å². The van der Waals surface area contributed by atoms with Crippen LogP contribution in [0.4, 0.5) is 0 Å². The number of aliphatic hydroxyl groups is 3. The highest BCUT2D eigenvalue weighted by Crippen LogP contribution is 2.24. The molecular weight excluding hydrogens is 602 g/mol. The molecule has 1 saturated heterocycles. The Morgan fingerprint density at radius 1 is 0.792 bits per heavy atom. The topological polar surface area (TPSA) is 110 Å². The molecule has 8 heteroatoms. The van der Waals surface area contributed by atoms with E-state index in [2.05, 4.69) is 47.6 Å². The minimum atomic E-state index is -1.03. The van der Waals surface area contributed by atoms with Gasteiger partial charge in [0.05, 0.1) is 31.1 Å². The zero-order valence-electron chi connectivity index (χ0n) is 30.2. The zero-order chi connectivity index (χ0) is 34.1. The average molecular weight is 672 g/mol. The number of unbranched alkanes of at least 4 members (excludes halogenated alkanes) is 16. The molecule has 2 aromatic rings. The molecule has 1 aromatic heterocycles. The summed E-state index contributed by atoms with van der Waals surface area (Å²) in [6.45, 7) is 2.40. The van der Waals surface area contributed by atoms with Crippen LogP contribution in [-0.4, -0.2) is 68.1 Å². The van der Waals surface area contributed by atoms with E-state index in [1.165, 1.54) is 95.5 Å². The highest BCUT2D eigenvalue weighted by molar-refractivity contribution is 5.14. The highest BCUT2D eigenvalue weighted by atomic mass is 16.7. The number of aliphatic hydroxyl groups excluding tert-OH is 3. The number of nitrogens with zero attached hydrogens (tertiary/aromatic N) is 3. The molecule has 0 saturated carbocycles. The summed E-state index contributed by atoms with van der Waals surface area (Å²) in [5.74, 6) is 0. The van der Waals surface area contributed by atoms with Gasteiger partial charge in [-0.05, 0) is 56.9 Å². The van der Waals surface area contributed by atoms with Gasteiger partial charge in [-0.15, -0.1) is 5.10 Å². The number of benzene rings is 1. The molecule has 274 valence electrons. The van der Waals surface area contributed by atoms with Crippen LogP contribution >= 0.6 is 0 Å². The third kappa shape index (κ3) is 17.2. The molecule has 48 heavy (non-hydrogen) atoms. The van der Waals surface area contributed by atoms with E-state index < -0.39 is 24.5 Å². The second-order valence-corrected chi connectivity index (χ2v) is 14.2. The van der Waals surface area contributed by atoms with E-state index in [4.69, 9.17) is 9.47 Å². The molecule has 1 aliphatic heterocycles. The first-order valence-electron chi connectivity index (χ1n) is 19.8. The van der Waals surface area contributed by atoms with Gasteiger partial charge in [-0.3, -0.25) is 0 Å². The predicted molar refractivity (Wildman–Crippen MR) is 194 cm³/mol.